The zero-order chi connectivity index (χ0) is 14.8. The second-order valence-electron chi connectivity index (χ2n) is 5.09. The quantitative estimate of drug-likeness (QED) is 0.809. The van der Waals surface area contributed by atoms with Crippen molar-refractivity contribution in [3.63, 3.8) is 0 Å². The van der Waals surface area contributed by atoms with Crippen molar-refractivity contribution in [1.82, 2.24) is 8.87 Å². The predicted molar refractivity (Wildman–Crippen MR) is 77.3 cm³/mol. The molecule has 5 nitrogen and oxygen atoms in total. The summed E-state index contributed by atoms with van der Waals surface area (Å²) in [5.74, 6) is 0. The highest BCUT2D eigenvalue weighted by molar-refractivity contribution is 7.89. The Morgan fingerprint density at radius 1 is 1.53 bits per heavy atom. The van der Waals surface area contributed by atoms with Crippen LogP contribution in [0.1, 0.15) is 32.5 Å². The molecule has 0 atom stereocenters. The average molecular weight is 285 g/mol. The SMILES string of the molecule is C=C(C)CN(C)S(=O)(=O)c1cc(CN)n(C(C)C)c1. The van der Waals surface area contributed by atoms with Gasteiger partial charge >= 0.3 is 0 Å². The van der Waals surface area contributed by atoms with Crippen LogP contribution in [0, 0.1) is 0 Å². The van der Waals surface area contributed by atoms with Crippen molar-refractivity contribution >= 4 is 10.0 Å². The lowest BCUT2D eigenvalue weighted by Crippen LogP contribution is -2.28. The first-order chi connectivity index (χ1) is 8.70. The second kappa shape index (κ2) is 5.90. The van der Waals surface area contributed by atoms with Gasteiger partial charge < -0.3 is 10.3 Å². The Labute approximate surface area is 115 Å². The van der Waals surface area contributed by atoms with Gasteiger partial charge in [-0.25, -0.2) is 8.42 Å². The van der Waals surface area contributed by atoms with Crippen LogP contribution in [0.3, 0.4) is 0 Å². The van der Waals surface area contributed by atoms with Gasteiger partial charge in [-0.15, -0.1) is 0 Å². The summed E-state index contributed by atoms with van der Waals surface area (Å²) in [6.07, 6.45) is 1.65. The summed E-state index contributed by atoms with van der Waals surface area (Å²) >= 11 is 0. The Morgan fingerprint density at radius 2 is 2.11 bits per heavy atom. The Hall–Kier alpha value is -1.11. The van der Waals surface area contributed by atoms with Gasteiger partial charge in [-0.05, 0) is 26.8 Å². The molecule has 0 saturated heterocycles. The van der Waals surface area contributed by atoms with E-state index in [0.29, 0.717) is 13.1 Å². The summed E-state index contributed by atoms with van der Waals surface area (Å²) < 4.78 is 28.0. The van der Waals surface area contributed by atoms with Crippen molar-refractivity contribution in [1.29, 1.82) is 0 Å². The minimum absolute atomic E-state index is 0.175. The van der Waals surface area contributed by atoms with Gasteiger partial charge in [0.2, 0.25) is 10.0 Å². The molecule has 6 heteroatoms. The molecule has 0 fully saturated rings. The van der Waals surface area contributed by atoms with Crippen LogP contribution >= 0.6 is 0 Å². The maximum absolute atomic E-state index is 12.4. The number of aromatic nitrogens is 1. The van der Waals surface area contributed by atoms with Gasteiger partial charge in [0.05, 0.1) is 0 Å². The molecule has 1 heterocycles. The predicted octanol–water partition coefficient (Wildman–Crippen LogP) is 1.72. The van der Waals surface area contributed by atoms with Gasteiger partial charge in [0.25, 0.3) is 0 Å². The molecule has 1 aromatic rings. The summed E-state index contributed by atoms with van der Waals surface area (Å²) in [4.78, 5) is 0.283. The molecule has 0 spiro atoms. The minimum atomic E-state index is -3.48. The monoisotopic (exact) mass is 285 g/mol. The molecule has 0 amide bonds. The van der Waals surface area contributed by atoms with E-state index < -0.39 is 10.0 Å². The number of nitrogens with two attached hydrogens (primary N) is 1. The van der Waals surface area contributed by atoms with Crippen LogP contribution in [-0.4, -0.2) is 30.9 Å². The molecule has 19 heavy (non-hydrogen) atoms. The van der Waals surface area contributed by atoms with E-state index in [9.17, 15) is 8.42 Å². The number of hydrogen-bond acceptors (Lipinski definition) is 3. The zero-order valence-electron chi connectivity index (χ0n) is 12.0. The van der Waals surface area contributed by atoms with Crippen LogP contribution in [0.4, 0.5) is 0 Å². The van der Waals surface area contributed by atoms with Crippen molar-refractivity contribution in [3.05, 3.63) is 30.1 Å². The lowest BCUT2D eigenvalue weighted by molar-refractivity contribution is 0.492. The van der Waals surface area contributed by atoms with Crippen LogP contribution in [0.2, 0.25) is 0 Å². The smallest absolute Gasteiger partial charge is 0.244 e. The van der Waals surface area contributed by atoms with E-state index in [1.807, 2.05) is 18.4 Å². The van der Waals surface area contributed by atoms with Gasteiger partial charge in [-0.2, -0.15) is 4.31 Å². The summed E-state index contributed by atoms with van der Waals surface area (Å²) in [6.45, 7) is 10.2. The number of nitrogens with zero attached hydrogens (tertiary/aromatic N) is 2. The Morgan fingerprint density at radius 3 is 2.47 bits per heavy atom. The van der Waals surface area contributed by atoms with Gasteiger partial charge in [-0.1, -0.05) is 12.2 Å². The highest BCUT2D eigenvalue weighted by Gasteiger charge is 2.23. The maximum Gasteiger partial charge on any atom is 0.244 e. The van der Waals surface area contributed by atoms with Crippen molar-refractivity contribution < 1.29 is 8.42 Å². The molecule has 1 aromatic heterocycles. The molecule has 0 unspecified atom stereocenters. The van der Waals surface area contributed by atoms with E-state index in [1.54, 1.807) is 26.2 Å². The Balaban J connectivity index is 3.18. The van der Waals surface area contributed by atoms with E-state index >= 15 is 0 Å². The summed E-state index contributed by atoms with van der Waals surface area (Å²) in [5, 5.41) is 0. The van der Waals surface area contributed by atoms with Crippen LogP contribution in [-0.2, 0) is 16.6 Å². The second-order valence-corrected chi connectivity index (χ2v) is 7.14. The molecule has 0 aromatic carbocycles. The van der Waals surface area contributed by atoms with Crippen LogP contribution in [0.5, 0.6) is 0 Å². The molecular weight excluding hydrogens is 262 g/mol. The third kappa shape index (κ3) is 3.46. The summed E-state index contributed by atoms with van der Waals surface area (Å²) in [7, 11) is -1.93. The molecule has 2 N–H and O–H groups in total. The first kappa shape index (κ1) is 15.9. The van der Waals surface area contributed by atoms with E-state index in [4.69, 9.17) is 5.73 Å². The molecule has 0 bridgehead atoms. The number of likely N-dealkylation sites (N-methyl/N-ethyl adjacent to an activating group) is 1. The van der Waals surface area contributed by atoms with E-state index in [1.165, 1.54) is 4.31 Å². The van der Waals surface area contributed by atoms with Crippen LogP contribution in [0.25, 0.3) is 0 Å². The van der Waals surface area contributed by atoms with Crippen molar-refractivity contribution in [2.75, 3.05) is 13.6 Å². The minimum Gasteiger partial charge on any atom is -0.346 e. The molecule has 0 aliphatic heterocycles. The molecule has 0 aliphatic carbocycles. The van der Waals surface area contributed by atoms with Gasteiger partial charge in [-0.3, -0.25) is 0 Å². The van der Waals surface area contributed by atoms with E-state index in [0.717, 1.165) is 11.3 Å². The largest absolute Gasteiger partial charge is 0.346 e. The molecule has 108 valence electrons. The fourth-order valence-corrected chi connectivity index (χ4v) is 3.21. The molecule has 1 rings (SSSR count). The fourth-order valence-electron chi connectivity index (χ4n) is 1.93. The zero-order valence-corrected chi connectivity index (χ0v) is 12.9. The highest BCUT2D eigenvalue weighted by atomic mass is 32.2. The third-order valence-electron chi connectivity index (χ3n) is 2.87. The van der Waals surface area contributed by atoms with Crippen LogP contribution in [0.15, 0.2) is 29.3 Å². The van der Waals surface area contributed by atoms with Crippen LogP contribution < -0.4 is 5.73 Å². The van der Waals surface area contributed by atoms with Crippen molar-refractivity contribution in [3.8, 4) is 0 Å². The Kier molecular flexibility index (Phi) is 4.95. The standard InChI is InChI=1S/C13H23N3O2S/c1-10(2)8-15(5)19(17,18)13-6-12(7-14)16(9-13)11(3)4/h6,9,11H,1,7-8,14H2,2-5H3. The Bertz CT molecular complexity index is 558. The lowest BCUT2D eigenvalue weighted by atomic mass is 10.3. The first-order valence-electron chi connectivity index (χ1n) is 6.21. The first-order valence-corrected chi connectivity index (χ1v) is 7.65. The normalized spacial score (nSPS) is 12.4. The summed E-state index contributed by atoms with van der Waals surface area (Å²) in [6, 6.07) is 1.82. The number of rotatable bonds is 6. The number of hydrogen-bond donors (Lipinski definition) is 1. The average Bonchev–Trinajstić information content (AvgIpc) is 2.72. The molecule has 0 radical (unpaired) electrons. The van der Waals surface area contributed by atoms with Gasteiger partial charge in [0.1, 0.15) is 4.90 Å². The molecule has 0 saturated carbocycles. The van der Waals surface area contributed by atoms with Gasteiger partial charge in [0.15, 0.2) is 0 Å². The maximum atomic E-state index is 12.4. The van der Waals surface area contributed by atoms with E-state index in [-0.39, 0.29) is 10.9 Å². The fraction of sp³-hybridized carbons (Fsp3) is 0.538. The van der Waals surface area contributed by atoms with Crippen molar-refractivity contribution in [2.45, 2.75) is 38.3 Å². The number of sulfonamides is 1. The summed E-state index contributed by atoms with van der Waals surface area (Å²) in [5.41, 5.74) is 7.27. The third-order valence-corrected chi connectivity index (χ3v) is 4.64. The van der Waals surface area contributed by atoms with Crippen molar-refractivity contribution in [2.24, 2.45) is 5.73 Å². The van der Waals surface area contributed by atoms with E-state index in [2.05, 4.69) is 6.58 Å². The molecule has 0 aliphatic rings. The molecular formula is C13H23N3O2S. The lowest BCUT2D eigenvalue weighted by Gasteiger charge is -2.16. The highest BCUT2D eigenvalue weighted by Crippen LogP contribution is 2.21. The topological polar surface area (TPSA) is 68.3 Å². The van der Waals surface area contributed by atoms with Gasteiger partial charge in [0, 0.05) is 38.1 Å².